The minimum atomic E-state index is 0.356. The summed E-state index contributed by atoms with van der Waals surface area (Å²) in [6.07, 6.45) is 2.77. The molecule has 0 unspecified atom stereocenters. The van der Waals surface area contributed by atoms with E-state index < -0.39 is 0 Å². The fraction of sp³-hybridized carbons (Fsp3) is 0.538. The molecule has 0 spiro atoms. The summed E-state index contributed by atoms with van der Waals surface area (Å²) in [6, 6.07) is 2.95. The zero-order valence-corrected chi connectivity index (χ0v) is 12.1. The normalized spacial score (nSPS) is 21.2. The van der Waals surface area contributed by atoms with E-state index in [2.05, 4.69) is 31.2 Å². The van der Waals surface area contributed by atoms with E-state index in [9.17, 15) is 0 Å². The first-order chi connectivity index (χ1) is 9.31. The van der Waals surface area contributed by atoms with Crippen LogP contribution in [-0.2, 0) is 0 Å². The molecule has 6 heteroatoms. The lowest BCUT2D eigenvalue weighted by Gasteiger charge is -2.35. The van der Waals surface area contributed by atoms with Gasteiger partial charge in [-0.1, -0.05) is 0 Å². The van der Waals surface area contributed by atoms with E-state index in [1.165, 1.54) is 12.8 Å². The fourth-order valence-corrected chi connectivity index (χ4v) is 3.77. The van der Waals surface area contributed by atoms with Crippen molar-refractivity contribution in [3.8, 4) is 0 Å². The SMILES string of the molecule is Clc1nc(N2CCN(C3CC3)CC2)c2ccsc2n1. The Morgan fingerprint density at radius 2 is 1.95 bits per heavy atom. The molecule has 2 aliphatic rings. The third-order valence-corrected chi connectivity index (χ3v) is 4.93. The highest BCUT2D eigenvalue weighted by Crippen LogP contribution is 2.32. The Bertz CT molecular complexity index is 602. The van der Waals surface area contributed by atoms with Gasteiger partial charge in [0, 0.05) is 32.2 Å². The molecule has 2 fully saturated rings. The summed E-state index contributed by atoms with van der Waals surface area (Å²) < 4.78 is 0. The van der Waals surface area contributed by atoms with Crippen molar-refractivity contribution < 1.29 is 0 Å². The van der Waals surface area contributed by atoms with Gasteiger partial charge in [-0.2, -0.15) is 4.98 Å². The predicted octanol–water partition coefficient (Wildman–Crippen LogP) is 2.63. The van der Waals surface area contributed by atoms with E-state index in [1.807, 2.05) is 0 Å². The Hall–Kier alpha value is -0.910. The van der Waals surface area contributed by atoms with E-state index in [1.54, 1.807) is 11.3 Å². The number of hydrogen-bond donors (Lipinski definition) is 0. The number of halogens is 1. The highest BCUT2D eigenvalue weighted by molar-refractivity contribution is 7.16. The first-order valence-corrected chi connectivity index (χ1v) is 7.97. The van der Waals surface area contributed by atoms with Gasteiger partial charge in [0.2, 0.25) is 5.28 Å². The van der Waals surface area contributed by atoms with Crippen LogP contribution in [0.5, 0.6) is 0 Å². The lowest BCUT2D eigenvalue weighted by atomic mass is 10.2. The standard InChI is InChI=1S/C13H15ClN4S/c14-13-15-11(10-3-8-19-12(10)16-13)18-6-4-17(5-7-18)9-1-2-9/h3,8-9H,1-2,4-7H2. The molecule has 2 aromatic heterocycles. The van der Waals surface area contributed by atoms with Gasteiger partial charge in [0.05, 0.1) is 5.39 Å². The van der Waals surface area contributed by atoms with Gasteiger partial charge in [-0.25, -0.2) is 4.98 Å². The quantitative estimate of drug-likeness (QED) is 0.797. The van der Waals surface area contributed by atoms with Gasteiger partial charge in [-0.3, -0.25) is 4.90 Å². The molecular formula is C13H15ClN4S. The second-order valence-corrected chi connectivity index (χ2v) is 6.44. The molecule has 3 heterocycles. The van der Waals surface area contributed by atoms with E-state index in [-0.39, 0.29) is 0 Å². The van der Waals surface area contributed by atoms with Gasteiger partial charge in [0.25, 0.3) is 0 Å². The molecule has 0 amide bonds. The molecule has 1 aliphatic heterocycles. The van der Waals surface area contributed by atoms with Crippen LogP contribution in [0.4, 0.5) is 5.82 Å². The summed E-state index contributed by atoms with van der Waals surface area (Å²) in [5, 5.41) is 3.54. The van der Waals surface area contributed by atoms with Gasteiger partial charge in [0.1, 0.15) is 10.6 Å². The highest BCUT2D eigenvalue weighted by Gasteiger charge is 2.31. The lowest BCUT2D eigenvalue weighted by Crippen LogP contribution is -2.47. The van der Waals surface area contributed by atoms with Crippen LogP contribution in [0.3, 0.4) is 0 Å². The van der Waals surface area contributed by atoms with Crippen LogP contribution in [0.2, 0.25) is 5.28 Å². The topological polar surface area (TPSA) is 32.3 Å². The monoisotopic (exact) mass is 294 g/mol. The average Bonchev–Trinajstić information content (AvgIpc) is 3.17. The first kappa shape index (κ1) is 11.9. The zero-order chi connectivity index (χ0) is 12.8. The average molecular weight is 295 g/mol. The molecule has 1 saturated carbocycles. The molecule has 0 aromatic carbocycles. The molecule has 4 nitrogen and oxygen atoms in total. The van der Waals surface area contributed by atoms with Crippen LogP contribution in [0.25, 0.3) is 10.2 Å². The molecule has 2 aromatic rings. The van der Waals surface area contributed by atoms with Crippen molar-refractivity contribution in [2.75, 3.05) is 31.1 Å². The first-order valence-electron chi connectivity index (χ1n) is 6.71. The van der Waals surface area contributed by atoms with E-state index in [0.717, 1.165) is 48.3 Å². The number of rotatable bonds is 2. The van der Waals surface area contributed by atoms with E-state index >= 15 is 0 Å². The van der Waals surface area contributed by atoms with Crippen LogP contribution in [0.1, 0.15) is 12.8 Å². The largest absolute Gasteiger partial charge is 0.353 e. The van der Waals surface area contributed by atoms with Gasteiger partial charge in [-0.05, 0) is 35.9 Å². The molecule has 0 radical (unpaired) electrons. The summed E-state index contributed by atoms with van der Waals surface area (Å²) in [5.41, 5.74) is 0. The number of hydrogen-bond acceptors (Lipinski definition) is 5. The molecule has 1 saturated heterocycles. The number of thiophene rings is 1. The number of nitrogens with zero attached hydrogens (tertiary/aromatic N) is 4. The fourth-order valence-electron chi connectivity index (χ4n) is 2.79. The van der Waals surface area contributed by atoms with Crippen LogP contribution in [0, 0.1) is 0 Å². The molecule has 0 atom stereocenters. The summed E-state index contributed by atoms with van der Waals surface area (Å²) in [7, 11) is 0. The number of fused-ring (bicyclic) bond motifs is 1. The Morgan fingerprint density at radius 1 is 1.16 bits per heavy atom. The van der Waals surface area contributed by atoms with E-state index in [0.29, 0.717) is 5.28 Å². The maximum absolute atomic E-state index is 6.04. The second-order valence-electron chi connectivity index (χ2n) is 5.21. The minimum Gasteiger partial charge on any atom is -0.353 e. The Morgan fingerprint density at radius 3 is 2.68 bits per heavy atom. The van der Waals surface area contributed by atoms with Crippen molar-refractivity contribution in [3.63, 3.8) is 0 Å². The van der Waals surface area contributed by atoms with Crippen LogP contribution < -0.4 is 4.90 Å². The van der Waals surface area contributed by atoms with Crippen LogP contribution in [-0.4, -0.2) is 47.1 Å². The number of anilines is 1. The van der Waals surface area contributed by atoms with Crippen molar-refractivity contribution in [1.29, 1.82) is 0 Å². The smallest absolute Gasteiger partial charge is 0.225 e. The van der Waals surface area contributed by atoms with E-state index in [4.69, 9.17) is 11.6 Å². The maximum Gasteiger partial charge on any atom is 0.225 e. The predicted molar refractivity (Wildman–Crippen MR) is 79.2 cm³/mol. The Balaban J connectivity index is 1.61. The molecule has 19 heavy (non-hydrogen) atoms. The third-order valence-electron chi connectivity index (χ3n) is 3.95. The van der Waals surface area contributed by atoms with Crippen LogP contribution in [0.15, 0.2) is 11.4 Å². The van der Waals surface area contributed by atoms with Crippen molar-refractivity contribution in [3.05, 3.63) is 16.7 Å². The molecular weight excluding hydrogens is 280 g/mol. The maximum atomic E-state index is 6.04. The van der Waals surface area contributed by atoms with Crippen molar-refractivity contribution in [1.82, 2.24) is 14.9 Å². The molecule has 0 N–H and O–H groups in total. The van der Waals surface area contributed by atoms with Crippen molar-refractivity contribution in [2.24, 2.45) is 0 Å². The zero-order valence-electron chi connectivity index (χ0n) is 10.5. The molecule has 100 valence electrons. The summed E-state index contributed by atoms with van der Waals surface area (Å²) in [4.78, 5) is 14.7. The highest BCUT2D eigenvalue weighted by atomic mass is 35.5. The van der Waals surface area contributed by atoms with Gasteiger partial charge in [-0.15, -0.1) is 11.3 Å². The second kappa shape index (κ2) is 4.58. The van der Waals surface area contributed by atoms with Gasteiger partial charge >= 0.3 is 0 Å². The molecule has 0 bridgehead atoms. The number of piperazine rings is 1. The lowest BCUT2D eigenvalue weighted by molar-refractivity contribution is 0.248. The summed E-state index contributed by atoms with van der Waals surface area (Å²) in [6.45, 7) is 4.35. The Labute approximate surface area is 121 Å². The van der Waals surface area contributed by atoms with Crippen molar-refractivity contribution in [2.45, 2.75) is 18.9 Å². The summed E-state index contributed by atoms with van der Waals surface area (Å²) >= 11 is 7.66. The minimum absolute atomic E-state index is 0.356. The van der Waals surface area contributed by atoms with Crippen molar-refractivity contribution >= 4 is 39.0 Å². The van der Waals surface area contributed by atoms with Crippen LogP contribution >= 0.6 is 22.9 Å². The molecule has 4 rings (SSSR count). The Kier molecular flexibility index (Phi) is 2.86. The van der Waals surface area contributed by atoms with Gasteiger partial charge < -0.3 is 4.90 Å². The third kappa shape index (κ3) is 2.20. The van der Waals surface area contributed by atoms with Gasteiger partial charge in [0.15, 0.2) is 0 Å². The summed E-state index contributed by atoms with van der Waals surface area (Å²) in [5.74, 6) is 1.01. The number of aromatic nitrogens is 2. The molecule has 1 aliphatic carbocycles.